The Bertz CT molecular complexity index is 166. The van der Waals surface area contributed by atoms with Crippen LogP contribution < -0.4 is 5.32 Å². The van der Waals surface area contributed by atoms with E-state index in [0.29, 0.717) is 5.92 Å². The highest BCUT2D eigenvalue weighted by molar-refractivity contribution is 4.81. The Hall–Kier alpha value is -0.0800. The summed E-state index contributed by atoms with van der Waals surface area (Å²) in [5, 5.41) is 3.75. The monoisotopic (exact) mass is 227 g/mol. The first-order valence-electron chi connectivity index (χ1n) is 7.00. The minimum atomic E-state index is 0.681. The molecular formula is C14H29NO. The molecule has 0 aromatic heterocycles. The van der Waals surface area contributed by atoms with Crippen molar-refractivity contribution < 1.29 is 4.74 Å². The molecule has 0 bridgehead atoms. The van der Waals surface area contributed by atoms with Crippen molar-refractivity contribution in [3.05, 3.63) is 0 Å². The maximum absolute atomic E-state index is 5.24. The van der Waals surface area contributed by atoms with Crippen LogP contribution in [0.3, 0.4) is 0 Å². The molecule has 1 rings (SSSR count). The summed E-state index contributed by atoms with van der Waals surface area (Å²) < 4.78 is 5.24. The fraction of sp³-hybridized carbons (Fsp3) is 1.00. The number of nitrogens with one attached hydrogen (secondary N) is 1. The lowest BCUT2D eigenvalue weighted by Crippen LogP contribution is -2.37. The fourth-order valence-corrected chi connectivity index (χ4v) is 2.92. The second-order valence-corrected chi connectivity index (χ2v) is 5.40. The van der Waals surface area contributed by atoms with Crippen LogP contribution in [0.2, 0.25) is 0 Å². The number of methoxy groups -OCH3 is 1. The summed E-state index contributed by atoms with van der Waals surface area (Å²) in [4.78, 5) is 0. The maximum atomic E-state index is 5.24. The lowest BCUT2D eigenvalue weighted by molar-refractivity contribution is 0.142. The van der Waals surface area contributed by atoms with Crippen LogP contribution in [0.25, 0.3) is 0 Å². The van der Waals surface area contributed by atoms with Crippen LogP contribution in [-0.2, 0) is 4.74 Å². The highest BCUT2D eigenvalue weighted by Gasteiger charge is 2.25. The largest absolute Gasteiger partial charge is 0.384 e. The fourth-order valence-electron chi connectivity index (χ4n) is 2.92. The summed E-state index contributed by atoms with van der Waals surface area (Å²) in [5.74, 6) is 1.60. The van der Waals surface area contributed by atoms with Crippen LogP contribution in [0.5, 0.6) is 0 Å². The average molecular weight is 227 g/mol. The predicted molar refractivity (Wildman–Crippen MR) is 69.7 cm³/mol. The Balaban J connectivity index is 2.35. The van der Waals surface area contributed by atoms with Gasteiger partial charge in [-0.15, -0.1) is 0 Å². The summed E-state index contributed by atoms with van der Waals surface area (Å²) in [6, 6.07) is 0.729. The van der Waals surface area contributed by atoms with Crippen LogP contribution in [-0.4, -0.2) is 26.3 Å². The second-order valence-electron chi connectivity index (χ2n) is 5.40. The molecule has 0 spiro atoms. The van der Waals surface area contributed by atoms with Crippen molar-refractivity contribution in [1.82, 2.24) is 5.32 Å². The van der Waals surface area contributed by atoms with Gasteiger partial charge in [0.2, 0.25) is 0 Å². The summed E-state index contributed by atoms with van der Waals surface area (Å²) in [5.41, 5.74) is 0. The van der Waals surface area contributed by atoms with E-state index in [2.05, 4.69) is 19.2 Å². The Morgan fingerprint density at radius 3 is 2.56 bits per heavy atom. The zero-order chi connectivity index (χ0) is 11.8. The number of hydrogen-bond donors (Lipinski definition) is 1. The molecule has 96 valence electrons. The molecule has 0 aromatic carbocycles. The SMILES string of the molecule is CCCNC(CC(C)COC)C1CCCC1. The molecule has 1 saturated carbocycles. The minimum Gasteiger partial charge on any atom is -0.384 e. The summed E-state index contributed by atoms with van der Waals surface area (Å²) >= 11 is 0. The first-order chi connectivity index (χ1) is 7.77. The van der Waals surface area contributed by atoms with Gasteiger partial charge in [0.1, 0.15) is 0 Å². The minimum absolute atomic E-state index is 0.681. The first kappa shape index (κ1) is 14.0. The summed E-state index contributed by atoms with van der Waals surface area (Å²) in [6.45, 7) is 6.62. The number of hydrogen-bond acceptors (Lipinski definition) is 2. The highest BCUT2D eigenvalue weighted by atomic mass is 16.5. The lowest BCUT2D eigenvalue weighted by atomic mass is 9.90. The molecule has 1 fully saturated rings. The molecule has 1 N–H and O–H groups in total. The quantitative estimate of drug-likeness (QED) is 0.687. The van der Waals surface area contributed by atoms with E-state index < -0.39 is 0 Å². The number of rotatable bonds is 8. The zero-order valence-corrected chi connectivity index (χ0v) is 11.3. The van der Waals surface area contributed by atoms with Crippen LogP contribution in [0.15, 0.2) is 0 Å². The Morgan fingerprint density at radius 1 is 1.31 bits per heavy atom. The topological polar surface area (TPSA) is 21.3 Å². The van der Waals surface area contributed by atoms with E-state index in [0.717, 1.165) is 18.6 Å². The van der Waals surface area contributed by atoms with Gasteiger partial charge in [-0.2, -0.15) is 0 Å². The predicted octanol–water partition coefficient (Wildman–Crippen LogP) is 3.22. The van der Waals surface area contributed by atoms with Crippen LogP contribution in [0.1, 0.15) is 52.4 Å². The molecular weight excluding hydrogens is 198 g/mol. The van der Waals surface area contributed by atoms with E-state index in [1.54, 1.807) is 7.11 Å². The van der Waals surface area contributed by atoms with E-state index in [-0.39, 0.29) is 0 Å². The van der Waals surface area contributed by atoms with Crippen molar-refractivity contribution in [2.24, 2.45) is 11.8 Å². The van der Waals surface area contributed by atoms with Crippen LogP contribution in [0, 0.1) is 11.8 Å². The molecule has 0 aliphatic heterocycles. The molecule has 2 atom stereocenters. The van der Waals surface area contributed by atoms with Gasteiger partial charge in [0, 0.05) is 19.8 Å². The molecule has 2 nitrogen and oxygen atoms in total. The van der Waals surface area contributed by atoms with Crippen LogP contribution >= 0.6 is 0 Å². The molecule has 1 aliphatic carbocycles. The molecule has 0 saturated heterocycles. The lowest BCUT2D eigenvalue weighted by Gasteiger charge is -2.27. The highest BCUT2D eigenvalue weighted by Crippen LogP contribution is 2.30. The smallest absolute Gasteiger partial charge is 0.0488 e. The third kappa shape index (κ3) is 4.84. The number of ether oxygens (including phenoxy) is 1. The van der Waals surface area contributed by atoms with Crippen molar-refractivity contribution in [2.75, 3.05) is 20.3 Å². The van der Waals surface area contributed by atoms with Crippen molar-refractivity contribution in [1.29, 1.82) is 0 Å². The molecule has 2 heteroatoms. The van der Waals surface area contributed by atoms with E-state index in [9.17, 15) is 0 Å². The molecule has 16 heavy (non-hydrogen) atoms. The molecule has 2 unspecified atom stereocenters. The van der Waals surface area contributed by atoms with Gasteiger partial charge in [-0.25, -0.2) is 0 Å². The summed E-state index contributed by atoms with van der Waals surface area (Å²) in [6.07, 6.45) is 8.25. The van der Waals surface area contributed by atoms with Gasteiger partial charge in [-0.1, -0.05) is 26.7 Å². The van der Waals surface area contributed by atoms with Gasteiger partial charge < -0.3 is 10.1 Å². The van der Waals surface area contributed by atoms with Gasteiger partial charge in [-0.05, 0) is 44.1 Å². The standard InChI is InChI=1S/C14H29NO/c1-4-9-15-14(10-12(2)11-16-3)13-7-5-6-8-13/h12-15H,4-11H2,1-3H3. The van der Waals surface area contributed by atoms with Crippen molar-refractivity contribution >= 4 is 0 Å². The van der Waals surface area contributed by atoms with Crippen molar-refractivity contribution in [3.63, 3.8) is 0 Å². The Labute approximate surface area is 101 Å². The normalized spacial score (nSPS) is 21.2. The van der Waals surface area contributed by atoms with E-state index in [1.807, 2.05) is 0 Å². The average Bonchev–Trinajstić information content (AvgIpc) is 2.77. The van der Waals surface area contributed by atoms with E-state index in [4.69, 9.17) is 4.74 Å². The van der Waals surface area contributed by atoms with E-state index in [1.165, 1.54) is 45.1 Å². The third-order valence-corrected chi connectivity index (χ3v) is 3.73. The zero-order valence-electron chi connectivity index (χ0n) is 11.3. The van der Waals surface area contributed by atoms with Crippen molar-refractivity contribution in [2.45, 2.75) is 58.4 Å². The molecule has 0 heterocycles. The maximum Gasteiger partial charge on any atom is 0.0488 e. The van der Waals surface area contributed by atoms with Gasteiger partial charge in [-0.3, -0.25) is 0 Å². The Kier molecular flexibility index (Phi) is 7.06. The molecule has 0 amide bonds. The second kappa shape index (κ2) is 8.08. The third-order valence-electron chi connectivity index (χ3n) is 3.73. The van der Waals surface area contributed by atoms with Gasteiger partial charge in [0.25, 0.3) is 0 Å². The molecule has 0 radical (unpaired) electrons. The first-order valence-corrected chi connectivity index (χ1v) is 7.00. The molecule has 0 aromatic rings. The van der Waals surface area contributed by atoms with Gasteiger partial charge in [0.05, 0.1) is 0 Å². The summed E-state index contributed by atoms with van der Waals surface area (Å²) in [7, 11) is 1.81. The van der Waals surface area contributed by atoms with Crippen molar-refractivity contribution in [3.8, 4) is 0 Å². The van der Waals surface area contributed by atoms with Gasteiger partial charge >= 0.3 is 0 Å². The Morgan fingerprint density at radius 2 is 2.00 bits per heavy atom. The van der Waals surface area contributed by atoms with Crippen LogP contribution in [0.4, 0.5) is 0 Å². The van der Waals surface area contributed by atoms with Gasteiger partial charge in [0.15, 0.2) is 0 Å². The molecule has 1 aliphatic rings. The van der Waals surface area contributed by atoms with E-state index >= 15 is 0 Å².